The van der Waals surface area contributed by atoms with E-state index < -0.39 is 0 Å². The van der Waals surface area contributed by atoms with Crippen LogP contribution in [0.1, 0.15) is 43.2 Å². The molecular formula is C19H27ClN2O. The fraction of sp³-hybridized carbons (Fsp3) is 0.526. The average molecular weight is 335 g/mol. The zero-order valence-corrected chi connectivity index (χ0v) is 14.7. The van der Waals surface area contributed by atoms with Crippen molar-refractivity contribution < 1.29 is 4.52 Å². The third-order valence-corrected chi connectivity index (χ3v) is 4.40. The van der Waals surface area contributed by atoms with E-state index in [0.717, 1.165) is 24.3 Å². The molecule has 1 aliphatic heterocycles. The summed E-state index contributed by atoms with van der Waals surface area (Å²) in [6.07, 6.45) is 5.95. The van der Waals surface area contributed by atoms with Crippen LogP contribution in [0.5, 0.6) is 0 Å². The maximum atomic E-state index is 5.53. The number of hydrogen-bond donors (Lipinski definition) is 0. The van der Waals surface area contributed by atoms with Crippen molar-refractivity contribution in [1.29, 1.82) is 0 Å². The number of likely N-dealkylation sites (tertiary alicyclic amines) is 1. The summed E-state index contributed by atoms with van der Waals surface area (Å²) in [6.45, 7) is 6.02. The minimum Gasteiger partial charge on any atom is -0.361 e. The molecule has 0 bridgehead atoms. The Kier molecular flexibility index (Phi) is 7.13. The van der Waals surface area contributed by atoms with Crippen molar-refractivity contribution in [3.05, 3.63) is 53.4 Å². The normalized spacial score (nSPS) is 16.7. The molecule has 3 nitrogen and oxygen atoms in total. The summed E-state index contributed by atoms with van der Waals surface area (Å²) in [7, 11) is 0. The van der Waals surface area contributed by atoms with Gasteiger partial charge in [-0.05, 0) is 37.4 Å². The van der Waals surface area contributed by atoms with E-state index in [9.17, 15) is 0 Å². The second-order valence-corrected chi connectivity index (χ2v) is 6.62. The van der Waals surface area contributed by atoms with Gasteiger partial charge in [0.1, 0.15) is 5.76 Å². The molecule has 1 unspecified atom stereocenters. The lowest BCUT2D eigenvalue weighted by Gasteiger charge is -2.28. The van der Waals surface area contributed by atoms with Gasteiger partial charge in [0.25, 0.3) is 0 Å². The van der Waals surface area contributed by atoms with Crippen molar-refractivity contribution >= 4 is 12.4 Å². The van der Waals surface area contributed by atoms with Gasteiger partial charge < -0.3 is 9.42 Å². The number of aromatic nitrogens is 1. The smallest absolute Gasteiger partial charge is 0.137 e. The summed E-state index contributed by atoms with van der Waals surface area (Å²) in [5.41, 5.74) is 2.31. The molecule has 1 aromatic carbocycles. The third kappa shape index (κ3) is 5.67. The van der Waals surface area contributed by atoms with Crippen molar-refractivity contribution in [2.75, 3.05) is 19.6 Å². The Morgan fingerprint density at radius 3 is 2.61 bits per heavy atom. The lowest BCUT2D eigenvalue weighted by molar-refractivity contribution is 0.196. The molecule has 23 heavy (non-hydrogen) atoms. The Labute approximate surface area is 145 Å². The first-order valence-electron chi connectivity index (χ1n) is 8.50. The summed E-state index contributed by atoms with van der Waals surface area (Å²) in [4.78, 5) is 2.59. The van der Waals surface area contributed by atoms with Gasteiger partial charge in [0.15, 0.2) is 0 Å². The van der Waals surface area contributed by atoms with Gasteiger partial charge in [-0.25, -0.2) is 0 Å². The van der Waals surface area contributed by atoms with Gasteiger partial charge in [0.05, 0.1) is 5.69 Å². The minimum absolute atomic E-state index is 0. The first kappa shape index (κ1) is 18.0. The van der Waals surface area contributed by atoms with E-state index in [1.807, 2.05) is 6.07 Å². The van der Waals surface area contributed by atoms with Crippen molar-refractivity contribution in [2.24, 2.45) is 5.92 Å². The number of piperidine rings is 1. The summed E-state index contributed by atoms with van der Waals surface area (Å²) >= 11 is 0. The van der Waals surface area contributed by atoms with Gasteiger partial charge in [0.2, 0.25) is 0 Å². The Bertz CT molecular complexity index is 564. The lowest BCUT2D eigenvalue weighted by atomic mass is 10.0. The molecule has 0 spiro atoms. The predicted octanol–water partition coefficient (Wildman–Crippen LogP) is 4.35. The zero-order chi connectivity index (χ0) is 15.2. The van der Waals surface area contributed by atoms with Crippen molar-refractivity contribution in [1.82, 2.24) is 10.1 Å². The fourth-order valence-electron chi connectivity index (χ4n) is 3.33. The molecule has 1 atom stereocenters. The zero-order valence-electron chi connectivity index (χ0n) is 13.9. The Morgan fingerprint density at radius 2 is 1.87 bits per heavy atom. The van der Waals surface area contributed by atoms with Crippen LogP contribution in [-0.4, -0.2) is 29.7 Å². The van der Waals surface area contributed by atoms with Crippen LogP contribution in [0.25, 0.3) is 0 Å². The van der Waals surface area contributed by atoms with Crippen LogP contribution in [0.4, 0.5) is 0 Å². The van der Waals surface area contributed by atoms with E-state index in [1.165, 1.54) is 44.5 Å². The molecule has 3 rings (SSSR count). The molecule has 1 saturated heterocycles. The highest BCUT2D eigenvalue weighted by atomic mass is 35.5. The molecule has 2 aromatic rings. The van der Waals surface area contributed by atoms with E-state index in [-0.39, 0.29) is 12.4 Å². The summed E-state index contributed by atoms with van der Waals surface area (Å²) in [5, 5.41) is 4.22. The highest BCUT2D eigenvalue weighted by Gasteiger charge is 2.15. The van der Waals surface area contributed by atoms with Gasteiger partial charge in [0, 0.05) is 25.5 Å². The molecule has 0 N–H and O–H groups in total. The molecule has 0 aliphatic carbocycles. The highest BCUT2D eigenvalue weighted by Crippen LogP contribution is 2.16. The SMILES string of the molecule is CC(Cc1cc(Cc2ccccc2)no1)CN1CCCCC1.Cl. The Balaban J connectivity index is 0.00000192. The average Bonchev–Trinajstić information content (AvgIpc) is 2.96. The first-order chi connectivity index (χ1) is 10.8. The van der Waals surface area contributed by atoms with Crippen LogP contribution in [0.3, 0.4) is 0 Å². The van der Waals surface area contributed by atoms with E-state index in [0.29, 0.717) is 5.92 Å². The summed E-state index contributed by atoms with van der Waals surface area (Å²) in [5.74, 6) is 1.64. The van der Waals surface area contributed by atoms with Crippen LogP contribution in [0, 0.1) is 5.92 Å². The molecule has 0 radical (unpaired) electrons. The topological polar surface area (TPSA) is 29.3 Å². The first-order valence-corrected chi connectivity index (χ1v) is 8.50. The number of hydrogen-bond acceptors (Lipinski definition) is 3. The largest absolute Gasteiger partial charge is 0.361 e. The number of halogens is 1. The van der Waals surface area contributed by atoms with E-state index >= 15 is 0 Å². The maximum Gasteiger partial charge on any atom is 0.137 e. The van der Waals surface area contributed by atoms with Gasteiger partial charge in [-0.15, -0.1) is 12.4 Å². The number of rotatable bonds is 6. The molecule has 4 heteroatoms. The fourth-order valence-corrected chi connectivity index (χ4v) is 3.33. The van der Waals surface area contributed by atoms with Crippen molar-refractivity contribution in [2.45, 2.75) is 39.0 Å². The molecule has 1 aliphatic rings. The summed E-state index contributed by atoms with van der Waals surface area (Å²) < 4.78 is 5.53. The van der Waals surface area contributed by atoms with Crippen LogP contribution in [-0.2, 0) is 12.8 Å². The predicted molar refractivity (Wildman–Crippen MR) is 96.2 cm³/mol. The van der Waals surface area contributed by atoms with Crippen LogP contribution in [0.15, 0.2) is 40.9 Å². The van der Waals surface area contributed by atoms with E-state index in [2.05, 4.69) is 47.3 Å². The monoisotopic (exact) mass is 334 g/mol. The highest BCUT2D eigenvalue weighted by molar-refractivity contribution is 5.85. The van der Waals surface area contributed by atoms with Gasteiger partial charge >= 0.3 is 0 Å². The molecule has 0 saturated carbocycles. The van der Waals surface area contributed by atoms with Gasteiger partial charge in [-0.3, -0.25) is 0 Å². The van der Waals surface area contributed by atoms with Crippen molar-refractivity contribution in [3.63, 3.8) is 0 Å². The van der Waals surface area contributed by atoms with Crippen LogP contribution in [0.2, 0.25) is 0 Å². The number of nitrogens with zero attached hydrogens (tertiary/aromatic N) is 2. The Morgan fingerprint density at radius 1 is 1.13 bits per heavy atom. The molecule has 1 fully saturated rings. The van der Waals surface area contributed by atoms with Crippen LogP contribution >= 0.6 is 12.4 Å². The quantitative estimate of drug-likeness (QED) is 0.786. The minimum atomic E-state index is 0. The molecule has 2 heterocycles. The standard InChI is InChI=1S/C19H26N2O.ClH/c1-16(15-21-10-6-3-7-11-21)12-19-14-18(20-22-19)13-17-8-4-2-5-9-17;/h2,4-5,8-9,14,16H,3,6-7,10-13,15H2,1H3;1H. The van der Waals surface area contributed by atoms with E-state index in [1.54, 1.807) is 0 Å². The molecule has 1 aromatic heterocycles. The molecule has 0 amide bonds. The third-order valence-electron chi connectivity index (χ3n) is 4.40. The molecule has 126 valence electrons. The second kappa shape index (κ2) is 9.09. The van der Waals surface area contributed by atoms with Gasteiger partial charge in [-0.2, -0.15) is 0 Å². The van der Waals surface area contributed by atoms with Crippen LogP contribution < -0.4 is 0 Å². The number of benzene rings is 1. The lowest BCUT2D eigenvalue weighted by Crippen LogP contribution is -2.33. The van der Waals surface area contributed by atoms with Gasteiger partial charge in [-0.1, -0.05) is 48.8 Å². The Hall–Kier alpha value is -1.32. The van der Waals surface area contributed by atoms with E-state index in [4.69, 9.17) is 4.52 Å². The second-order valence-electron chi connectivity index (χ2n) is 6.62. The maximum absolute atomic E-state index is 5.53. The molecular weight excluding hydrogens is 308 g/mol. The van der Waals surface area contributed by atoms with Crippen molar-refractivity contribution in [3.8, 4) is 0 Å². The summed E-state index contributed by atoms with van der Waals surface area (Å²) in [6, 6.07) is 12.6.